The number of anilines is 3. The average Bonchev–Trinajstić information content (AvgIpc) is 3.89. The molecule has 5 heteroatoms. The van der Waals surface area contributed by atoms with E-state index in [0.717, 1.165) is 64.5 Å². The standard InChI is InChI=1S/C45H37NO.C16H8Br2O/c1-29-9-17-33(18-10-29)44(34-19-11-30(2)12-20-34)41-28-43-45(39-8-6-5-7-38(39)41)40-26-25-37(27-42(40)47-43)46(35-21-13-31(3)14-22-35)36-23-15-32(4)16-24-36;17-9-5-6-12-14(7-9)19-15-8-13(18)10-3-1-2-4-11(10)16(12)15/h5-28,44H,1-4H3;1-8H. The normalized spacial score (nSPS) is 11.6. The molecule has 0 saturated heterocycles. The largest absolute Gasteiger partial charge is 0.456 e. The van der Waals surface area contributed by atoms with E-state index < -0.39 is 0 Å². The van der Waals surface area contributed by atoms with Gasteiger partial charge in [0.2, 0.25) is 0 Å². The fourth-order valence-electron chi connectivity index (χ4n) is 9.51. The Hall–Kier alpha value is -6.92. The Kier molecular flexibility index (Phi) is 10.8. The first-order valence-corrected chi connectivity index (χ1v) is 23.9. The number of hydrogen-bond acceptors (Lipinski definition) is 3. The molecule has 2 aromatic heterocycles. The Labute approximate surface area is 401 Å². The minimum Gasteiger partial charge on any atom is -0.456 e. The van der Waals surface area contributed by atoms with Crippen LogP contribution in [0, 0.1) is 27.7 Å². The van der Waals surface area contributed by atoms with Crippen LogP contribution in [0.2, 0.25) is 0 Å². The summed E-state index contributed by atoms with van der Waals surface area (Å²) in [5, 5.41) is 9.51. The van der Waals surface area contributed by atoms with Gasteiger partial charge in [0.1, 0.15) is 22.3 Å². The van der Waals surface area contributed by atoms with Gasteiger partial charge in [-0.05, 0) is 133 Å². The molecular formula is C61H45Br2NO2. The van der Waals surface area contributed by atoms with E-state index in [1.807, 2.05) is 18.2 Å². The van der Waals surface area contributed by atoms with Crippen molar-refractivity contribution in [1.29, 1.82) is 0 Å². The Balaban J connectivity index is 0.000000210. The molecule has 12 rings (SSSR count). The molecule has 0 saturated carbocycles. The van der Waals surface area contributed by atoms with Gasteiger partial charge in [-0.1, -0.05) is 175 Å². The van der Waals surface area contributed by atoms with E-state index in [0.29, 0.717) is 0 Å². The lowest BCUT2D eigenvalue weighted by Crippen LogP contribution is -2.09. The monoisotopic (exact) mass is 981 g/mol. The quantitative estimate of drug-likeness (QED) is 0.156. The minimum absolute atomic E-state index is 0.0628. The maximum Gasteiger partial charge on any atom is 0.137 e. The van der Waals surface area contributed by atoms with Crippen molar-refractivity contribution in [3.63, 3.8) is 0 Å². The molecule has 320 valence electrons. The van der Waals surface area contributed by atoms with Crippen LogP contribution in [-0.4, -0.2) is 0 Å². The van der Waals surface area contributed by atoms with Crippen LogP contribution in [0.3, 0.4) is 0 Å². The van der Waals surface area contributed by atoms with Crippen LogP contribution in [0.4, 0.5) is 17.1 Å². The molecule has 0 aliphatic rings. The highest BCUT2D eigenvalue weighted by Crippen LogP contribution is 2.45. The van der Waals surface area contributed by atoms with E-state index >= 15 is 0 Å². The average molecular weight is 984 g/mol. The summed E-state index contributed by atoms with van der Waals surface area (Å²) in [4.78, 5) is 2.31. The second-order valence-corrected chi connectivity index (χ2v) is 19.2. The summed E-state index contributed by atoms with van der Waals surface area (Å²) < 4.78 is 14.9. The second-order valence-electron chi connectivity index (χ2n) is 17.4. The molecule has 0 spiro atoms. The Morgan fingerprint density at radius 1 is 0.364 bits per heavy atom. The molecule has 0 bridgehead atoms. The van der Waals surface area contributed by atoms with Gasteiger partial charge in [-0.25, -0.2) is 0 Å². The lowest BCUT2D eigenvalue weighted by atomic mass is 9.81. The van der Waals surface area contributed by atoms with Crippen LogP contribution >= 0.6 is 31.9 Å². The Morgan fingerprint density at radius 2 is 0.788 bits per heavy atom. The van der Waals surface area contributed by atoms with Crippen LogP contribution in [0.15, 0.2) is 212 Å². The summed E-state index contributed by atoms with van der Waals surface area (Å²) in [5.74, 6) is 0.0628. The molecule has 0 fully saturated rings. The van der Waals surface area contributed by atoms with Crippen LogP contribution < -0.4 is 4.90 Å². The summed E-state index contributed by atoms with van der Waals surface area (Å²) in [6.45, 7) is 8.55. The van der Waals surface area contributed by atoms with Crippen LogP contribution in [0.1, 0.15) is 44.9 Å². The molecule has 0 unspecified atom stereocenters. The number of halogens is 2. The Morgan fingerprint density at radius 3 is 1.33 bits per heavy atom. The van der Waals surface area contributed by atoms with Crippen LogP contribution in [0.25, 0.3) is 65.4 Å². The fraction of sp³-hybridized carbons (Fsp3) is 0.0820. The Bertz CT molecular complexity index is 3660. The highest BCUT2D eigenvalue weighted by atomic mass is 79.9. The molecule has 2 heterocycles. The van der Waals surface area contributed by atoms with E-state index in [4.69, 9.17) is 8.83 Å². The van der Waals surface area contributed by atoms with Crippen molar-refractivity contribution in [3.8, 4) is 0 Å². The van der Waals surface area contributed by atoms with Gasteiger partial charge >= 0.3 is 0 Å². The molecular weight excluding hydrogens is 938 g/mol. The first-order valence-electron chi connectivity index (χ1n) is 22.3. The zero-order chi connectivity index (χ0) is 45.1. The van der Waals surface area contributed by atoms with Crippen LogP contribution in [-0.2, 0) is 0 Å². The van der Waals surface area contributed by atoms with Crippen molar-refractivity contribution in [2.24, 2.45) is 0 Å². The van der Waals surface area contributed by atoms with E-state index in [1.165, 1.54) is 65.9 Å². The van der Waals surface area contributed by atoms with Crippen molar-refractivity contribution in [3.05, 3.63) is 242 Å². The third kappa shape index (κ3) is 7.66. The van der Waals surface area contributed by atoms with Crippen molar-refractivity contribution < 1.29 is 8.83 Å². The molecule has 0 N–H and O–H groups in total. The molecule has 0 aliphatic heterocycles. The number of benzene rings is 10. The lowest BCUT2D eigenvalue weighted by Gasteiger charge is -2.25. The second kappa shape index (κ2) is 17.1. The van der Waals surface area contributed by atoms with Gasteiger partial charge < -0.3 is 13.7 Å². The van der Waals surface area contributed by atoms with Gasteiger partial charge in [-0.2, -0.15) is 0 Å². The summed E-state index contributed by atoms with van der Waals surface area (Å²) in [5.41, 5.74) is 15.7. The summed E-state index contributed by atoms with van der Waals surface area (Å²) in [6, 6.07) is 69.7. The summed E-state index contributed by atoms with van der Waals surface area (Å²) >= 11 is 7.11. The van der Waals surface area contributed by atoms with Crippen molar-refractivity contribution in [2.75, 3.05) is 4.90 Å². The van der Waals surface area contributed by atoms with Gasteiger partial charge in [0.05, 0.1) is 0 Å². The van der Waals surface area contributed by atoms with Gasteiger partial charge in [0.25, 0.3) is 0 Å². The molecule has 12 aromatic rings. The number of rotatable bonds is 6. The predicted molar refractivity (Wildman–Crippen MR) is 285 cm³/mol. The van der Waals surface area contributed by atoms with Crippen molar-refractivity contribution >= 4 is 114 Å². The predicted octanol–water partition coefficient (Wildman–Crippen LogP) is 18.9. The third-order valence-corrected chi connectivity index (χ3v) is 14.0. The number of nitrogens with zero attached hydrogens (tertiary/aromatic N) is 1. The number of hydrogen-bond donors (Lipinski definition) is 0. The van der Waals surface area contributed by atoms with Gasteiger partial charge in [-0.15, -0.1) is 0 Å². The summed E-state index contributed by atoms with van der Waals surface area (Å²) in [6.07, 6.45) is 0. The molecule has 10 aromatic carbocycles. The SMILES string of the molecule is Brc1ccc2c(c1)oc1cc(Br)c3ccccc3c12.Cc1ccc(C(c2ccc(C)cc2)c2cc3oc4cc(N(c5ccc(C)cc5)c5ccc(C)cc5)ccc4c3c3ccccc23)cc1. The first-order chi connectivity index (χ1) is 32.2. The topological polar surface area (TPSA) is 29.5 Å². The van der Waals surface area contributed by atoms with Crippen molar-refractivity contribution in [1.82, 2.24) is 0 Å². The molecule has 0 amide bonds. The zero-order valence-electron chi connectivity index (χ0n) is 37.1. The molecule has 0 aliphatic carbocycles. The highest BCUT2D eigenvalue weighted by molar-refractivity contribution is 9.11. The van der Waals surface area contributed by atoms with Gasteiger partial charge in [0.15, 0.2) is 0 Å². The molecule has 3 nitrogen and oxygen atoms in total. The highest BCUT2D eigenvalue weighted by Gasteiger charge is 2.24. The summed E-state index contributed by atoms with van der Waals surface area (Å²) in [7, 11) is 0. The van der Waals surface area contributed by atoms with E-state index in [1.54, 1.807) is 0 Å². The molecule has 0 atom stereocenters. The van der Waals surface area contributed by atoms with Crippen LogP contribution in [0.5, 0.6) is 0 Å². The maximum atomic E-state index is 6.84. The number of furan rings is 2. The first kappa shape index (κ1) is 41.8. The van der Waals surface area contributed by atoms with Crippen molar-refractivity contribution in [2.45, 2.75) is 33.6 Å². The van der Waals surface area contributed by atoms with E-state index in [9.17, 15) is 0 Å². The lowest BCUT2D eigenvalue weighted by molar-refractivity contribution is 0.668. The molecule has 66 heavy (non-hydrogen) atoms. The number of aryl methyl sites for hydroxylation is 4. The third-order valence-electron chi connectivity index (χ3n) is 12.9. The van der Waals surface area contributed by atoms with Gasteiger partial charge in [-0.3, -0.25) is 0 Å². The fourth-order valence-corrected chi connectivity index (χ4v) is 10.4. The van der Waals surface area contributed by atoms with Gasteiger partial charge in [0, 0.05) is 59.5 Å². The minimum atomic E-state index is 0.0628. The van der Waals surface area contributed by atoms with E-state index in [-0.39, 0.29) is 5.92 Å². The molecule has 0 radical (unpaired) electrons. The van der Waals surface area contributed by atoms with E-state index in [2.05, 4.69) is 240 Å². The zero-order valence-corrected chi connectivity index (χ0v) is 40.2. The number of fused-ring (bicyclic) bond motifs is 10. The maximum absolute atomic E-state index is 6.84. The smallest absolute Gasteiger partial charge is 0.137 e.